The summed E-state index contributed by atoms with van der Waals surface area (Å²) >= 11 is 0. The molecule has 4 aromatic rings. The molecule has 0 saturated heterocycles. The van der Waals surface area contributed by atoms with E-state index in [0.717, 1.165) is 11.1 Å². The van der Waals surface area contributed by atoms with Gasteiger partial charge >= 0.3 is 0 Å². The molecule has 0 radical (unpaired) electrons. The minimum absolute atomic E-state index is 0.0474. The quantitative estimate of drug-likeness (QED) is 0.382. The van der Waals surface area contributed by atoms with Gasteiger partial charge in [-0.25, -0.2) is 4.98 Å². The van der Waals surface area contributed by atoms with Gasteiger partial charge in [-0.05, 0) is 55.0 Å². The first kappa shape index (κ1) is 21.8. The van der Waals surface area contributed by atoms with E-state index in [1.54, 1.807) is 55.1 Å². The Bertz CT molecular complexity index is 1250. The lowest BCUT2D eigenvalue weighted by Crippen LogP contribution is -2.12. The zero-order valence-electron chi connectivity index (χ0n) is 18.2. The number of aromatic hydroxyl groups is 1. The zero-order chi connectivity index (χ0) is 23.2. The molecule has 8 heteroatoms. The second-order valence-corrected chi connectivity index (χ2v) is 7.35. The number of carbonyl (C=O) groups excluding carboxylic acids is 1. The highest BCUT2D eigenvalue weighted by Gasteiger charge is 2.11. The monoisotopic (exact) mass is 441 g/mol. The average molecular weight is 441 g/mol. The molecule has 1 atom stereocenters. The molecule has 0 aliphatic carbocycles. The van der Waals surface area contributed by atoms with Crippen LogP contribution in [0.3, 0.4) is 0 Å². The van der Waals surface area contributed by atoms with Crippen LogP contribution in [0.25, 0.3) is 11.3 Å². The van der Waals surface area contributed by atoms with Gasteiger partial charge in [0.1, 0.15) is 5.82 Å². The molecule has 4 rings (SSSR count). The lowest BCUT2D eigenvalue weighted by atomic mass is 10.1. The van der Waals surface area contributed by atoms with E-state index in [9.17, 15) is 9.90 Å². The fourth-order valence-corrected chi connectivity index (χ4v) is 3.28. The van der Waals surface area contributed by atoms with Crippen LogP contribution in [0.2, 0.25) is 0 Å². The molecule has 1 amide bonds. The summed E-state index contributed by atoms with van der Waals surface area (Å²) < 4.78 is 5.18. The van der Waals surface area contributed by atoms with Gasteiger partial charge in [-0.3, -0.25) is 14.8 Å². The first-order valence-corrected chi connectivity index (χ1v) is 10.3. The van der Waals surface area contributed by atoms with E-state index in [1.165, 1.54) is 7.11 Å². The van der Waals surface area contributed by atoms with E-state index in [1.807, 2.05) is 31.2 Å². The van der Waals surface area contributed by atoms with E-state index in [4.69, 9.17) is 4.74 Å². The number of amides is 1. The van der Waals surface area contributed by atoms with Crippen molar-refractivity contribution in [3.8, 4) is 22.8 Å². The highest BCUT2D eigenvalue weighted by molar-refractivity contribution is 6.04. The first-order valence-electron chi connectivity index (χ1n) is 10.3. The van der Waals surface area contributed by atoms with Gasteiger partial charge in [0.2, 0.25) is 0 Å². The SMILES string of the molecule is COc1cc(-c2cncc(NC(C)c3ccc(NC(=O)c4ccncc4)cc3)n2)ccc1O. The van der Waals surface area contributed by atoms with E-state index in [-0.39, 0.29) is 17.7 Å². The van der Waals surface area contributed by atoms with Gasteiger partial charge in [-0.1, -0.05) is 12.1 Å². The third-order valence-electron chi connectivity index (χ3n) is 5.09. The molecule has 0 saturated carbocycles. The maximum atomic E-state index is 12.3. The number of phenols is 1. The van der Waals surface area contributed by atoms with Crippen LogP contribution in [-0.2, 0) is 0 Å². The van der Waals surface area contributed by atoms with Gasteiger partial charge in [0, 0.05) is 35.2 Å². The molecule has 2 heterocycles. The maximum absolute atomic E-state index is 12.3. The van der Waals surface area contributed by atoms with Crippen LogP contribution >= 0.6 is 0 Å². The minimum atomic E-state index is -0.186. The molecular weight excluding hydrogens is 418 g/mol. The van der Waals surface area contributed by atoms with Crippen molar-refractivity contribution >= 4 is 17.4 Å². The molecule has 3 N–H and O–H groups in total. The lowest BCUT2D eigenvalue weighted by Gasteiger charge is -2.16. The normalized spacial score (nSPS) is 11.5. The number of carbonyl (C=O) groups is 1. The smallest absolute Gasteiger partial charge is 0.255 e. The second-order valence-electron chi connectivity index (χ2n) is 7.35. The number of aromatic nitrogens is 3. The molecule has 0 aliphatic heterocycles. The van der Waals surface area contributed by atoms with Crippen molar-refractivity contribution < 1.29 is 14.6 Å². The number of nitrogens with zero attached hydrogens (tertiary/aromatic N) is 3. The van der Waals surface area contributed by atoms with Gasteiger partial charge in [0.25, 0.3) is 5.91 Å². The summed E-state index contributed by atoms with van der Waals surface area (Å²) in [4.78, 5) is 25.1. The molecule has 166 valence electrons. The maximum Gasteiger partial charge on any atom is 0.255 e. The Morgan fingerprint density at radius 3 is 2.48 bits per heavy atom. The van der Waals surface area contributed by atoms with Gasteiger partial charge < -0.3 is 20.5 Å². The Hall–Kier alpha value is -4.46. The van der Waals surface area contributed by atoms with Crippen molar-refractivity contribution in [1.82, 2.24) is 15.0 Å². The van der Waals surface area contributed by atoms with Crippen LogP contribution in [0.15, 0.2) is 79.4 Å². The minimum Gasteiger partial charge on any atom is -0.504 e. The number of anilines is 2. The third-order valence-corrected chi connectivity index (χ3v) is 5.09. The predicted octanol–water partition coefficient (Wildman–Crippen LogP) is 4.68. The molecular formula is C25H23N5O3. The number of pyridine rings is 1. The number of methoxy groups -OCH3 is 1. The van der Waals surface area contributed by atoms with Crippen molar-refractivity contribution in [2.24, 2.45) is 0 Å². The molecule has 8 nitrogen and oxygen atoms in total. The van der Waals surface area contributed by atoms with Gasteiger partial charge in [0.15, 0.2) is 11.5 Å². The highest BCUT2D eigenvalue weighted by Crippen LogP contribution is 2.31. The Labute approximate surface area is 191 Å². The molecule has 2 aromatic heterocycles. The standard InChI is InChI=1S/C25H23N5O3/c1-16(17-3-6-20(7-4-17)29-25(32)18-9-11-26-12-10-18)28-24-15-27-14-21(30-24)19-5-8-22(31)23(13-19)33-2/h3-16,31H,1-2H3,(H,28,30)(H,29,32). The number of nitrogens with one attached hydrogen (secondary N) is 2. The van der Waals surface area contributed by atoms with E-state index >= 15 is 0 Å². The number of hydrogen-bond donors (Lipinski definition) is 3. The van der Waals surface area contributed by atoms with E-state index in [0.29, 0.717) is 28.5 Å². The second kappa shape index (κ2) is 9.78. The van der Waals surface area contributed by atoms with Crippen molar-refractivity contribution in [3.63, 3.8) is 0 Å². The van der Waals surface area contributed by atoms with E-state index < -0.39 is 0 Å². The number of rotatable bonds is 7. The fourth-order valence-electron chi connectivity index (χ4n) is 3.28. The summed E-state index contributed by atoms with van der Waals surface area (Å²) in [6, 6.07) is 15.9. The topological polar surface area (TPSA) is 109 Å². The van der Waals surface area contributed by atoms with Crippen LogP contribution < -0.4 is 15.4 Å². The van der Waals surface area contributed by atoms with Gasteiger partial charge in [-0.2, -0.15) is 0 Å². The summed E-state index contributed by atoms with van der Waals surface area (Å²) in [5.74, 6) is 0.867. The molecule has 0 fully saturated rings. The molecule has 1 unspecified atom stereocenters. The molecule has 0 bridgehead atoms. The Morgan fingerprint density at radius 1 is 1.00 bits per heavy atom. The van der Waals surface area contributed by atoms with Gasteiger partial charge in [-0.15, -0.1) is 0 Å². The summed E-state index contributed by atoms with van der Waals surface area (Å²) in [5, 5.41) is 16.0. The molecule has 0 aliphatic rings. The van der Waals surface area contributed by atoms with Crippen LogP contribution in [0.5, 0.6) is 11.5 Å². The summed E-state index contributed by atoms with van der Waals surface area (Å²) in [6.07, 6.45) is 6.48. The highest BCUT2D eigenvalue weighted by atomic mass is 16.5. The van der Waals surface area contributed by atoms with Gasteiger partial charge in [0.05, 0.1) is 25.2 Å². The number of benzene rings is 2. The summed E-state index contributed by atoms with van der Waals surface area (Å²) in [6.45, 7) is 2.02. The van der Waals surface area contributed by atoms with Crippen molar-refractivity contribution in [2.75, 3.05) is 17.7 Å². The fraction of sp³-hybridized carbons (Fsp3) is 0.120. The van der Waals surface area contributed by atoms with Crippen LogP contribution in [-0.4, -0.2) is 33.1 Å². The number of ether oxygens (including phenoxy) is 1. The Kier molecular flexibility index (Phi) is 6.45. The molecule has 2 aromatic carbocycles. The first-order chi connectivity index (χ1) is 16.0. The Balaban J connectivity index is 1.43. The van der Waals surface area contributed by atoms with Crippen LogP contribution in [0.4, 0.5) is 11.5 Å². The molecule has 33 heavy (non-hydrogen) atoms. The molecule has 0 spiro atoms. The predicted molar refractivity (Wildman–Crippen MR) is 126 cm³/mol. The average Bonchev–Trinajstić information content (AvgIpc) is 2.85. The zero-order valence-corrected chi connectivity index (χ0v) is 18.2. The van der Waals surface area contributed by atoms with Crippen molar-refractivity contribution in [3.05, 3.63) is 90.5 Å². The lowest BCUT2D eigenvalue weighted by molar-refractivity contribution is 0.102. The van der Waals surface area contributed by atoms with E-state index in [2.05, 4.69) is 25.6 Å². The summed E-state index contributed by atoms with van der Waals surface area (Å²) in [5.41, 5.74) is 3.71. The summed E-state index contributed by atoms with van der Waals surface area (Å²) in [7, 11) is 1.50. The van der Waals surface area contributed by atoms with Crippen molar-refractivity contribution in [2.45, 2.75) is 13.0 Å². The third kappa shape index (κ3) is 5.24. The number of phenolic OH excluding ortho intramolecular Hbond substituents is 1. The number of hydrogen-bond acceptors (Lipinski definition) is 7. The Morgan fingerprint density at radius 2 is 1.76 bits per heavy atom. The van der Waals surface area contributed by atoms with Crippen LogP contribution in [0.1, 0.15) is 28.9 Å². The largest absolute Gasteiger partial charge is 0.504 e. The van der Waals surface area contributed by atoms with Crippen molar-refractivity contribution in [1.29, 1.82) is 0 Å². The van der Waals surface area contributed by atoms with Crippen LogP contribution in [0, 0.1) is 0 Å².